The van der Waals surface area contributed by atoms with Crippen LogP contribution in [-0.4, -0.2) is 11.8 Å². The minimum atomic E-state index is -0.625. The third-order valence-electron chi connectivity index (χ3n) is 3.78. The lowest BCUT2D eigenvalue weighted by Gasteiger charge is -2.22. The quantitative estimate of drug-likeness (QED) is 0.865. The van der Waals surface area contributed by atoms with Crippen molar-refractivity contribution in [2.75, 3.05) is 0 Å². The summed E-state index contributed by atoms with van der Waals surface area (Å²) in [7, 11) is 0. The van der Waals surface area contributed by atoms with Gasteiger partial charge in [-0.3, -0.25) is 9.59 Å². The minimum Gasteiger partial charge on any atom is -0.366 e. The van der Waals surface area contributed by atoms with Crippen LogP contribution in [0.15, 0.2) is 36.4 Å². The van der Waals surface area contributed by atoms with Crippen LogP contribution >= 0.6 is 0 Å². The first kappa shape index (κ1) is 12.4. The summed E-state index contributed by atoms with van der Waals surface area (Å²) in [5.74, 6) is -1.23. The van der Waals surface area contributed by atoms with E-state index in [0.717, 1.165) is 23.1 Å². The van der Waals surface area contributed by atoms with Gasteiger partial charge in [0.25, 0.3) is 0 Å². The fourth-order valence-corrected chi connectivity index (χ4v) is 2.91. The monoisotopic (exact) mass is 266 g/mol. The van der Waals surface area contributed by atoms with Gasteiger partial charge in [0.2, 0.25) is 11.8 Å². The second-order valence-corrected chi connectivity index (χ2v) is 4.90. The van der Waals surface area contributed by atoms with Crippen molar-refractivity contribution in [2.45, 2.75) is 12.8 Å². The summed E-state index contributed by atoms with van der Waals surface area (Å²) in [5.41, 5.74) is 15.4. The van der Waals surface area contributed by atoms with Crippen LogP contribution in [0.3, 0.4) is 0 Å². The molecule has 0 atom stereocenters. The Morgan fingerprint density at radius 2 is 1.60 bits per heavy atom. The Morgan fingerprint density at radius 3 is 2.30 bits per heavy atom. The molecule has 0 aliphatic heterocycles. The molecule has 0 heterocycles. The molecule has 0 aromatic heterocycles. The fourth-order valence-electron chi connectivity index (χ4n) is 2.91. The van der Waals surface area contributed by atoms with E-state index in [0.29, 0.717) is 6.42 Å². The van der Waals surface area contributed by atoms with Crippen LogP contribution in [-0.2, 0) is 12.8 Å². The van der Waals surface area contributed by atoms with Crippen molar-refractivity contribution in [3.05, 3.63) is 58.7 Å². The molecule has 20 heavy (non-hydrogen) atoms. The SMILES string of the molecule is NC(=O)c1ccc2c(c1C(N)=O)CCc1ccccc1-2. The maximum Gasteiger partial charge on any atom is 0.249 e. The molecule has 4 N–H and O–H groups in total. The Bertz CT molecular complexity index is 735. The van der Waals surface area contributed by atoms with E-state index in [1.807, 2.05) is 24.3 Å². The predicted octanol–water partition coefficient (Wildman–Crippen LogP) is 1.65. The molecule has 4 heteroatoms. The molecule has 0 saturated heterocycles. The maximum absolute atomic E-state index is 11.7. The summed E-state index contributed by atoms with van der Waals surface area (Å²) < 4.78 is 0. The molecule has 4 nitrogen and oxygen atoms in total. The van der Waals surface area contributed by atoms with Gasteiger partial charge in [-0.25, -0.2) is 0 Å². The summed E-state index contributed by atoms with van der Waals surface area (Å²) in [6, 6.07) is 11.5. The van der Waals surface area contributed by atoms with Crippen LogP contribution in [0.25, 0.3) is 11.1 Å². The third-order valence-corrected chi connectivity index (χ3v) is 3.78. The lowest BCUT2D eigenvalue weighted by molar-refractivity contribution is 0.0966. The van der Waals surface area contributed by atoms with E-state index in [4.69, 9.17) is 11.5 Å². The largest absolute Gasteiger partial charge is 0.366 e. The number of carbonyl (C=O) groups is 2. The minimum absolute atomic E-state index is 0.204. The Morgan fingerprint density at radius 1 is 0.850 bits per heavy atom. The molecule has 0 radical (unpaired) electrons. The van der Waals surface area contributed by atoms with Crippen molar-refractivity contribution in [1.82, 2.24) is 0 Å². The van der Waals surface area contributed by atoms with Crippen molar-refractivity contribution in [1.29, 1.82) is 0 Å². The average molecular weight is 266 g/mol. The van der Waals surface area contributed by atoms with Gasteiger partial charge in [0, 0.05) is 0 Å². The van der Waals surface area contributed by atoms with E-state index < -0.39 is 11.8 Å². The van der Waals surface area contributed by atoms with Gasteiger partial charge < -0.3 is 11.5 Å². The molecule has 2 aromatic rings. The van der Waals surface area contributed by atoms with Gasteiger partial charge in [-0.2, -0.15) is 0 Å². The Labute approximate surface area is 116 Å². The molecule has 2 amide bonds. The van der Waals surface area contributed by atoms with Crippen LogP contribution in [0.4, 0.5) is 0 Å². The maximum atomic E-state index is 11.7. The summed E-state index contributed by atoms with van der Waals surface area (Å²) in [6.45, 7) is 0. The average Bonchev–Trinajstić information content (AvgIpc) is 2.45. The number of amides is 2. The van der Waals surface area contributed by atoms with E-state index in [1.54, 1.807) is 6.07 Å². The molecule has 0 bridgehead atoms. The molecule has 100 valence electrons. The summed E-state index contributed by atoms with van der Waals surface area (Å²) >= 11 is 0. The zero-order valence-electron chi connectivity index (χ0n) is 10.8. The Kier molecular flexibility index (Phi) is 2.79. The van der Waals surface area contributed by atoms with Gasteiger partial charge in [-0.1, -0.05) is 30.3 Å². The number of primary amides is 2. The number of nitrogens with two attached hydrogens (primary N) is 2. The highest BCUT2D eigenvalue weighted by Gasteiger charge is 2.24. The van der Waals surface area contributed by atoms with E-state index >= 15 is 0 Å². The van der Waals surface area contributed by atoms with Gasteiger partial charge in [0.1, 0.15) is 0 Å². The Balaban J connectivity index is 2.32. The third kappa shape index (κ3) is 1.77. The highest BCUT2D eigenvalue weighted by atomic mass is 16.2. The second-order valence-electron chi connectivity index (χ2n) is 4.90. The van der Waals surface area contributed by atoms with Crippen molar-refractivity contribution in [2.24, 2.45) is 11.5 Å². The molecule has 2 aromatic carbocycles. The smallest absolute Gasteiger partial charge is 0.249 e. The molecule has 0 fully saturated rings. The lowest BCUT2D eigenvalue weighted by atomic mass is 9.81. The highest BCUT2D eigenvalue weighted by Crippen LogP contribution is 2.36. The molecule has 0 unspecified atom stereocenters. The topological polar surface area (TPSA) is 86.2 Å². The van der Waals surface area contributed by atoms with E-state index in [9.17, 15) is 9.59 Å². The van der Waals surface area contributed by atoms with Crippen LogP contribution in [0, 0.1) is 0 Å². The highest BCUT2D eigenvalue weighted by molar-refractivity contribution is 6.08. The van der Waals surface area contributed by atoms with Crippen molar-refractivity contribution in [3.63, 3.8) is 0 Å². The summed E-state index contributed by atoms with van der Waals surface area (Å²) in [4.78, 5) is 23.2. The molecular formula is C16H14N2O2. The van der Waals surface area contributed by atoms with Crippen molar-refractivity contribution in [3.8, 4) is 11.1 Å². The van der Waals surface area contributed by atoms with E-state index in [2.05, 4.69) is 6.07 Å². The van der Waals surface area contributed by atoms with E-state index in [1.165, 1.54) is 5.56 Å². The number of hydrogen-bond donors (Lipinski definition) is 2. The van der Waals surface area contributed by atoms with Gasteiger partial charge in [-0.05, 0) is 41.2 Å². The number of carbonyl (C=O) groups excluding carboxylic acids is 2. The van der Waals surface area contributed by atoms with E-state index in [-0.39, 0.29) is 11.1 Å². The van der Waals surface area contributed by atoms with Crippen LogP contribution in [0.1, 0.15) is 31.8 Å². The second kappa shape index (κ2) is 4.49. The number of benzene rings is 2. The molecule has 0 spiro atoms. The van der Waals surface area contributed by atoms with Crippen LogP contribution in [0.5, 0.6) is 0 Å². The molecule has 0 saturated carbocycles. The van der Waals surface area contributed by atoms with Crippen LogP contribution < -0.4 is 11.5 Å². The zero-order chi connectivity index (χ0) is 14.3. The summed E-state index contributed by atoms with van der Waals surface area (Å²) in [5, 5.41) is 0. The molecule has 1 aliphatic carbocycles. The number of aryl methyl sites for hydroxylation is 1. The first-order valence-electron chi connectivity index (χ1n) is 6.43. The summed E-state index contributed by atoms with van der Waals surface area (Å²) in [6.07, 6.45) is 1.51. The molecule has 3 rings (SSSR count). The number of fused-ring (bicyclic) bond motifs is 3. The fraction of sp³-hybridized carbons (Fsp3) is 0.125. The predicted molar refractivity (Wildman–Crippen MR) is 76.3 cm³/mol. The standard InChI is InChI=1S/C16H14N2O2/c17-15(19)13-8-7-11-10-4-2-1-3-9(10)5-6-12(11)14(13)16(18)20/h1-4,7-8H,5-6H2,(H2,17,19)(H2,18,20). The number of hydrogen-bond acceptors (Lipinski definition) is 2. The van der Waals surface area contributed by atoms with Gasteiger partial charge in [0.15, 0.2) is 0 Å². The van der Waals surface area contributed by atoms with Crippen molar-refractivity contribution < 1.29 is 9.59 Å². The van der Waals surface area contributed by atoms with Gasteiger partial charge in [-0.15, -0.1) is 0 Å². The van der Waals surface area contributed by atoms with Crippen LogP contribution in [0.2, 0.25) is 0 Å². The molecule has 1 aliphatic rings. The lowest BCUT2D eigenvalue weighted by Crippen LogP contribution is -2.24. The first-order chi connectivity index (χ1) is 9.59. The van der Waals surface area contributed by atoms with Crippen molar-refractivity contribution >= 4 is 11.8 Å². The van der Waals surface area contributed by atoms with Gasteiger partial charge >= 0.3 is 0 Å². The molecular weight excluding hydrogens is 252 g/mol. The van der Waals surface area contributed by atoms with Gasteiger partial charge in [0.05, 0.1) is 11.1 Å². The Hall–Kier alpha value is -2.62. The first-order valence-corrected chi connectivity index (χ1v) is 6.43. The zero-order valence-corrected chi connectivity index (χ0v) is 10.8. The normalized spacial score (nSPS) is 12.4. The number of rotatable bonds is 2.